The van der Waals surface area contributed by atoms with Crippen LogP contribution in [-0.2, 0) is 4.79 Å². The molecule has 1 aromatic rings. The third-order valence-electron chi connectivity index (χ3n) is 2.47. The van der Waals surface area contributed by atoms with Gasteiger partial charge in [-0.3, -0.25) is 4.79 Å². The van der Waals surface area contributed by atoms with Gasteiger partial charge in [0.05, 0.1) is 12.8 Å². The molecule has 1 aromatic carbocycles. The number of carbonyl (C=O) groups is 1. The maximum Gasteiger partial charge on any atom is 0.264 e. The summed E-state index contributed by atoms with van der Waals surface area (Å²) in [5.41, 5.74) is 1.80. The fourth-order valence-electron chi connectivity index (χ4n) is 1.63. The third-order valence-corrected chi connectivity index (χ3v) is 2.47. The van der Waals surface area contributed by atoms with Gasteiger partial charge in [-0.2, -0.15) is 0 Å². The van der Waals surface area contributed by atoms with E-state index in [9.17, 15) is 4.79 Å². The molecule has 1 amide bonds. The standard InChI is InChI=1S/C11H13NO3/c1-7-4-8-11(9(5-7)14-3)15-6-10(13)12(8)2/h4-5H,6H2,1-3H3. The fourth-order valence-corrected chi connectivity index (χ4v) is 1.63. The molecule has 1 aliphatic rings. The summed E-state index contributed by atoms with van der Waals surface area (Å²) < 4.78 is 10.6. The Morgan fingerprint density at radius 1 is 1.47 bits per heavy atom. The normalized spacial score (nSPS) is 14.6. The van der Waals surface area contributed by atoms with Crippen LogP contribution < -0.4 is 14.4 Å². The predicted octanol–water partition coefficient (Wildman–Crippen LogP) is 1.36. The molecule has 1 heterocycles. The molecule has 0 atom stereocenters. The van der Waals surface area contributed by atoms with Crippen LogP contribution in [0.15, 0.2) is 12.1 Å². The number of likely N-dealkylation sites (N-methyl/N-ethyl adjacent to an activating group) is 1. The minimum Gasteiger partial charge on any atom is -0.493 e. The number of aryl methyl sites for hydroxylation is 1. The Labute approximate surface area is 88.4 Å². The highest BCUT2D eigenvalue weighted by Crippen LogP contribution is 2.40. The molecule has 0 bridgehead atoms. The zero-order valence-electron chi connectivity index (χ0n) is 9.03. The molecule has 0 saturated heterocycles. The molecule has 4 nitrogen and oxygen atoms in total. The Balaban J connectivity index is 2.58. The van der Waals surface area contributed by atoms with Crippen molar-refractivity contribution in [2.75, 3.05) is 25.7 Å². The topological polar surface area (TPSA) is 38.8 Å². The number of ether oxygens (including phenoxy) is 2. The maximum atomic E-state index is 11.4. The smallest absolute Gasteiger partial charge is 0.264 e. The van der Waals surface area contributed by atoms with Gasteiger partial charge in [-0.1, -0.05) is 0 Å². The molecule has 0 aromatic heterocycles. The van der Waals surface area contributed by atoms with Crippen molar-refractivity contribution >= 4 is 11.6 Å². The Bertz CT molecular complexity index is 415. The molecule has 0 fully saturated rings. The molecular formula is C11H13NO3. The van der Waals surface area contributed by atoms with E-state index in [1.54, 1.807) is 19.1 Å². The minimum atomic E-state index is -0.0462. The second-order valence-electron chi connectivity index (χ2n) is 3.56. The summed E-state index contributed by atoms with van der Waals surface area (Å²) in [6.07, 6.45) is 0. The van der Waals surface area contributed by atoms with E-state index < -0.39 is 0 Å². The van der Waals surface area contributed by atoms with Crippen molar-refractivity contribution in [1.82, 2.24) is 0 Å². The summed E-state index contributed by atoms with van der Waals surface area (Å²) in [6, 6.07) is 3.80. The van der Waals surface area contributed by atoms with Crippen LogP contribution in [0.2, 0.25) is 0 Å². The van der Waals surface area contributed by atoms with Gasteiger partial charge in [0.25, 0.3) is 5.91 Å². The molecule has 80 valence electrons. The van der Waals surface area contributed by atoms with E-state index in [0.29, 0.717) is 11.5 Å². The number of benzene rings is 1. The Hall–Kier alpha value is -1.71. The monoisotopic (exact) mass is 207 g/mol. The molecule has 0 unspecified atom stereocenters. The zero-order chi connectivity index (χ0) is 11.0. The molecular weight excluding hydrogens is 194 g/mol. The number of fused-ring (bicyclic) bond motifs is 1. The summed E-state index contributed by atoms with van der Waals surface area (Å²) in [5.74, 6) is 1.27. The molecule has 0 saturated carbocycles. The van der Waals surface area contributed by atoms with Crippen molar-refractivity contribution in [3.63, 3.8) is 0 Å². The number of anilines is 1. The van der Waals surface area contributed by atoms with Gasteiger partial charge in [-0.25, -0.2) is 0 Å². The van der Waals surface area contributed by atoms with E-state index >= 15 is 0 Å². The van der Waals surface area contributed by atoms with Gasteiger partial charge >= 0.3 is 0 Å². The van der Waals surface area contributed by atoms with Crippen LogP contribution >= 0.6 is 0 Å². The highest BCUT2D eigenvalue weighted by atomic mass is 16.5. The molecule has 15 heavy (non-hydrogen) atoms. The first-order valence-corrected chi connectivity index (χ1v) is 4.71. The van der Waals surface area contributed by atoms with Crippen molar-refractivity contribution in [1.29, 1.82) is 0 Å². The number of hydrogen-bond donors (Lipinski definition) is 0. The van der Waals surface area contributed by atoms with E-state index in [1.165, 1.54) is 0 Å². The number of carbonyl (C=O) groups excluding carboxylic acids is 1. The fraction of sp³-hybridized carbons (Fsp3) is 0.364. The average molecular weight is 207 g/mol. The first-order valence-electron chi connectivity index (χ1n) is 4.71. The number of methoxy groups -OCH3 is 1. The lowest BCUT2D eigenvalue weighted by molar-refractivity contribution is -0.121. The first kappa shape index (κ1) is 9.83. The Kier molecular flexibility index (Phi) is 2.26. The average Bonchev–Trinajstić information content (AvgIpc) is 2.23. The molecule has 2 rings (SSSR count). The molecule has 1 aliphatic heterocycles. The van der Waals surface area contributed by atoms with E-state index in [4.69, 9.17) is 9.47 Å². The SMILES string of the molecule is COc1cc(C)cc2c1OCC(=O)N2C. The summed E-state index contributed by atoms with van der Waals surface area (Å²) in [6.45, 7) is 2.03. The van der Waals surface area contributed by atoms with Crippen LogP contribution in [-0.4, -0.2) is 26.7 Å². The third kappa shape index (κ3) is 1.52. The van der Waals surface area contributed by atoms with Crippen LogP contribution in [0, 0.1) is 6.92 Å². The van der Waals surface area contributed by atoms with E-state index in [2.05, 4.69) is 0 Å². The molecule has 0 N–H and O–H groups in total. The van der Waals surface area contributed by atoms with Gasteiger partial charge in [0.2, 0.25) is 0 Å². The summed E-state index contributed by atoms with van der Waals surface area (Å²) in [7, 11) is 3.33. The van der Waals surface area contributed by atoms with Crippen molar-refractivity contribution in [3.8, 4) is 11.5 Å². The van der Waals surface area contributed by atoms with Crippen molar-refractivity contribution < 1.29 is 14.3 Å². The van der Waals surface area contributed by atoms with Crippen molar-refractivity contribution in [2.45, 2.75) is 6.92 Å². The molecule has 0 aliphatic carbocycles. The number of amides is 1. The lowest BCUT2D eigenvalue weighted by Gasteiger charge is -2.27. The van der Waals surface area contributed by atoms with Crippen LogP contribution in [0.1, 0.15) is 5.56 Å². The van der Waals surface area contributed by atoms with Gasteiger partial charge in [0.1, 0.15) is 0 Å². The van der Waals surface area contributed by atoms with Crippen molar-refractivity contribution in [2.24, 2.45) is 0 Å². The second kappa shape index (κ2) is 3.46. The lowest BCUT2D eigenvalue weighted by Crippen LogP contribution is -2.35. The van der Waals surface area contributed by atoms with Gasteiger partial charge in [-0.15, -0.1) is 0 Å². The number of hydrogen-bond acceptors (Lipinski definition) is 3. The highest BCUT2D eigenvalue weighted by Gasteiger charge is 2.25. The van der Waals surface area contributed by atoms with E-state index in [0.717, 1.165) is 11.3 Å². The van der Waals surface area contributed by atoms with Crippen molar-refractivity contribution in [3.05, 3.63) is 17.7 Å². The van der Waals surface area contributed by atoms with Gasteiger partial charge in [-0.05, 0) is 24.6 Å². The number of rotatable bonds is 1. The highest BCUT2D eigenvalue weighted by molar-refractivity contribution is 5.98. The van der Waals surface area contributed by atoms with Gasteiger partial charge in [0, 0.05) is 7.05 Å². The zero-order valence-corrected chi connectivity index (χ0v) is 9.03. The minimum absolute atomic E-state index is 0.0462. The van der Waals surface area contributed by atoms with E-state index in [1.807, 2.05) is 19.1 Å². The largest absolute Gasteiger partial charge is 0.493 e. The molecule has 4 heteroatoms. The van der Waals surface area contributed by atoms with Gasteiger partial charge in [0.15, 0.2) is 18.1 Å². The predicted molar refractivity (Wildman–Crippen MR) is 56.6 cm³/mol. The lowest BCUT2D eigenvalue weighted by atomic mass is 10.1. The van der Waals surface area contributed by atoms with Crippen LogP contribution in [0.3, 0.4) is 0 Å². The number of nitrogens with zero attached hydrogens (tertiary/aromatic N) is 1. The first-order chi connectivity index (χ1) is 7.13. The summed E-state index contributed by atoms with van der Waals surface area (Å²) in [5, 5.41) is 0. The quantitative estimate of drug-likeness (QED) is 0.698. The van der Waals surface area contributed by atoms with E-state index in [-0.39, 0.29) is 12.5 Å². The summed E-state index contributed by atoms with van der Waals surface area (Å²) in [4.78, 5) is 13.0. The Morgan fingerprint density at radius 2 is 2.20 bits per heavy atom. The van der Waals surface area contributed by atoms with Crippen LogP contribution in [0.25, 0.3) is 0 Å². The summed E-state index contributed by atoms with van der Waals surface area (Å²) >= 11 is 0. The second-order valence-corrected chi connectivity index (χ2v) is 3.56. The molecule has 0 radical (unpaired) electrons. The van der Waals surface area contributed by atoms with Crippen LogP contribution in [0.5, 0.6) is 11.5 Å². The van der Waals surface area contributed by atoms with Gasteiger partial charge < -0.3 is 14.4 Å². The van der Waals surface area contributed by atoms with Crippen LogP contribution in [0.4, 0.5) is 5.69 Å². The molecule has 0 spiro atoms. The maximum absolute atomic E-state index is 11.4. The Morgan fingerprint density at radius 3 is 2.87 bits per heavy atom.